The Morgan fingerprint density at radius 1 is 0.968 bits per heavy atom. The van der Waals surface area contributed by atoms with Crippen LogP contribution in [0.4, 0.5) is 0 Å². The molecule has 0 aromatic carbocycles. The number of carbonyl (C=O) groups excluding carboxylic acids is 3. The van der Waals surface area contributed by atoms with Crippen molar-refractivity contribution in [3.63, 3.8) is 0 Å². The fourth-order valence-electron chi connectivity index (χ4n) is 8.11. The van der Waals surface area contributed by atoms with Crippen molar-refractivity contribution in [3.05, 3.63) is 0 Å². The number of fused-ring (bicyclic) bond motifs is 5. The molecule has 4 fully saturated rings. The number of ether oxygens (including phenoxy) is 1. The van der Waals surface area contributed by atoms with Crippen LogP contribution in [-0.2, 0) is 23.9 Å². The molecular weight excluding hydrogens is 396 g/mol. The summed E-state index contributed by atoms with van der Waals surface area (Å²) in [6, 6.07) is 0. The zero-order valence-corrected chi connectivity index (χ0v) is 18.9. The lowest BCUT2D eigenvalue weighted by Gasteiger charge is -2.60. The van der Waals surface area contributed by atoms with Gasteiger partial charge in [0.1, 0.15) is 12.4 Å². The maximum absolute atomic E-state index is 13.0. The second kappa shape index (κ2) is 8.32. The first-order chi connectivity index (χ1) is 14.6. The number of esters is 1. The molecule has 7 atom stereocenters. The summed E-state index contributed by atoms with van der Waals surface area (Å²) in [7, 11) is 0. The van der Waals surface area contributed by atoms with Crippen LogP contribution < -0.4 is 0 Å². The largest absolute Gasteiger partial charge is 0.481 e. The predicted molar refractivity (Wildman–Crippen MR) is 113 cm³/mol. The Hall–Kier alpha value is -1.72. The first-order valence-corrected chi connectivity index (χ1v) is 12.1. The van der Waals surface area contributed by atoms with Gasteiger partial charge in [-0.3, -0.25) is 19.2 Å². The third-order valence-electron chi connectivity index (χ3n) is 9.79. The molecule has 0 saturated heterocycles. The molecule has 0 radical (unpaired) electrons. The molecule has 4 saturated carbocycles. The number of ketones is 2. The summed E-state index contributed by atoms with van der Waals surface area (Å²) in [6.45, 7) is 4.47. The normalized spacial score (nSPS) is 41.6. The molecule has 31 heavy (non-hydrogen) atoms. The number of aliphatic carboxylic acids is 1. The van der Waals surface area contributed by atoms with Crippen molar-refractivity contribution in [1.82, 2.24) is 0 Å². The molecule has 4 aliphatic carbocycles. The summed E-state index contributed by atoms with van der Waals surface area (Å²) in [6.07, 6.45) is 8.41. The quantitative estimate of drug-likeness (QED) is 0.632. The van der Waals surface area contributed by atoms with E-state index in [1.54, 1.807) is 0 Å². The Kier molecular flexibility index (Phi) is 6.04. The van der Waals surface area contributed by atoms with Crippen LogP contribution >= 0.6 is 0 Å². The van der Waals surface area contributed by atoms with Crippen LogP contribution in [0.25, 0.3) is 0 Å². The highest BCUT2D eigenvalue weighted by molar-refractivity contribution is 5.86. The van der Waals surface area contributed by atoms with Crippen molar-refractivity contribution >= 4 is 23.5 Å². The second-order valence-electron chi connectivity index (χ2n) is 11.1. The zero-order chi connectivity index (χ0) is 22.4. The van der Waals surface area contributed by atoms with Crippen LogP contribution in [0.15, 0.2) is 0 Å². The van der Waals surface area contributed by atoms with E-state index in [0.29, 0.717) is 29.5 Å². The maximum Gasteiger partial charge on any atom is 0.306 e. The standard InChI is InChI=1S/C25H36O6/c1-24-11-9-16(26)13-15(24)3-4-17-18-5-6-20(25(18,2)12-10-19(17)24)21(27)14-31-23(30)8-7-22(28)29/h15,17-20H,3-14H2,1-2H3,(H,28,29)/t15-,17+,18+,19+,20-,24+,25+/m1/s1. The van der Waals surface area contributed by atoms with Gasteiger partial charge in [0.2, 0.25) is 0 Å². The zero-order valence-electron chi connectivity index (χ0n) is 18.9. The highest BCUT2D eigenvalue weighted by Gasteiger charge is 2.61. The van der Waals surface area contributed by atoms with Crippen molar-refractivity contribution in [2.75, 3.05) is 6.61 Å². The molecule has 0 aliphatic heterocycles. The van der Waals surface area contributed by atoms with Gasteiger partial charge in [0.15, 0.2) is 5.78 Å². The Morgan fingerprint density at radius 3 is 2.45 bits per heavy atom. The Balaban J connectivity index is 1.41. The molecule has 6 nitrogen and oxygen atoms in total. The van der Waals surface area contributed by atoms with E-state index in [0.717, 1.165) is 51.4 Å². The van der Waals surface area contributed by atoms with Crippen LogP contribution in [0, 0.1) is 40.4 Å². The summed E-state index contributed by atoms with van der Waals surface area (Å²) >= 11 is 0. The molecule has 172 valence electrons. The third kappa shape index (κ3) is 3.95. The van der Waals surface area contributed by atoms with E-state index in [2.05, 4.69) is 13.8 Å². The van der Waals surface area contributed by atoms with Gasteiger partial charge < -0.3 is 9.84 Å². The monoisotopic (exact) mass is 432 g/mol. The lowest BCUT2D eigenvalue weighted by atomic mass is 9.44. The summed E-state index contributed by atoms with van der Waals surface area (Å²) in [4.78, 5) is 47.4. The van der Waals surface area contributed by atoms with Crippen molar-refractivity contribution in [2.45, 2.75) is 84.5 Å². The molecule has 4 rings (SSSR count). The molecule has 0 spiro atoms. The molecule has 0 heterocycles. The number of hydrogen-bond donors (Lipinski definition) is 1. The van der Waals surface area contributed by atoms with Crippen molar-refractivity contribution < 1.29 is 29.0 Å². The van der Waals surface area contributed by atoms with E-state index in [9.17, 15) is 19.2 Å². The minimum Gasteiger partial charge on any atom is -0.481 e. The fraction of sp³-hybridized carbons (Fsp3) is 0.840. The smallest absolute Gasteiger partial charge is 0.306 e. The molecule has 0 amide bonds. The van der Waals surface area contributed by atoms with E-state index < -0.39 is 11.9 Å². The molecular formula is C25H36O6. The Labute approximate surface area is 184 Å². The van der Waals surface area contributed by atoms with Gasteiger partial charge in [0.25, 0.3) is 0 Å². The Bertz CT molecular complexity index is 774. The Morgan fingerprint density at radius 2 is 1.71 bits per heavy atom. The second-order valence-corrected chi connectivity index (χ2v) is 11.1. The minimum atomic E-state index is -1.04. The van der Waals surface area contributed by atoms with Gasteiger partial charge in [-0.1, -0.05) is 13.8 Å². The highest BCUT2D eigenvalue weighted by Crippen LogP contribution is 2.67. The van der Waals surface area contributed by atoms with Crippen LogP contribution in [0.2, 0.25) is 0 Å². The van der Waals surface area contributed by atoms with Gasteiger partial charge in [-0.15, -0.1) is 0 Å². The fourth-order valence-corrected chi connectivity index (χ4v) is 8.11. The number of carboxylic acids is 1. The first kappa shape index (κ1) is 22.5. The van der Waals surface area contributed by atoms with Gasteiger partial charge in [0, 0.05) is 18.8 Å². The molecule has 0 aromatic rings. The minimum absolute atomic E-state index is 0.00437. The van der Waals surface area contributed by atoms with Crippen LogP contribution in [0.5, 0.6) is 0 Å². The SMILES string of the molecule is C[C@]12CCC(=O)C[C@H]1CC[C@@H]1[C@@H]2CC[C@]2(C)[C@@H](C(=O)COC(=O)CCC(=O)O)CC[C@@H]12. The van der Waals surface area contributed by atoms with E-state index >= 15 is 0 Å². The molecule has 6 heteroatoms. The average molecular weight is 433 g/mol. The van der Waals surface area contributed by atoms with Crippen molar-refractivity contribution in [3.8, 4) is 0 Å². The highest BCUT2D eigenvalue weighted by atomic mass is 16.5. The molecule has 0 unspecified atom stereocenters. The van der Waals surface area contributed by atoms with Gasteiger partial charge in [-0.05, 0) is 79.4 Å². The van der Waals surface area contributed by atoms with E-state index in [4.69, 9.17) is 9.84 Å². The summed E-state index contributed by atoms with van der Waals surface area (Å²) in [5.74, 6) is 1.03. The predicted octanol–water partition coefficient (Wildman–Crippen LogP) is 4.19. The topological polar surface area (TPSA) is 97.7 Å². The number of Topliss-reactive ketones (excluding diaryl/α,β-unsaturated/α-hetero) is 2. The van der Waals surface area contributed by atoms with Crippen LogP contribution in [0.1, 0.15) is 84.5 Å². The molecule has 4 aliphatic rings. The summed E-state index contributed by atoms with van der Waals surface area (Å²) < 4.78 is 5.11. The number of carboxylic acid groups (broad SMARTS) is 1. The first-order valence-electron chi connectivity index (χ1n) is 12.1. The van der Waals surface area contributed by atoms with Gasteiger partial charge >= 0.3 is 11.9 Å². The lowest BCUT2D eigenvalue weighted by molar-refractivity contribution is -0.154. The lowest BCUT2D eigenvalue weighted by Crippen LogP contribution is -2.54. The molecule has 0 bridgehead atoms. The van der Waals surface area contributed by atoms with Gasteiger partial charge in [0.05, 0.1) is 12.8 Å². The van der Waals surface area contributed by atoms with E-state index in [1.807, 2.05) is 0 Å². The maximum atomic E-state index is 13.0. The van der Waals surface area contributed by atoms with Crippen LogP contribution in [-0.4, -0.2) is 35.2 Å². The van der Waals surface area contributed by atoms with Crippen molar-refractivity contribution in [1.29, 1.82) is 0 Å². The van der Waals surface area contributed by atoms with Gasteiger partial charge in [-0.2, -0.15) is 0 Å². The number of carbonyl (C=O) groups is 4. The number of hydrogen-bond acceptors (Lipinski definition) is 5. The van der Waals surface area contributed by atoms with Gasteiger partial charge in [-0.25, -0.2) is 0 Å². The number of rotatable bonds is 6. The molecule has 0 aromatic heterocycles. The van der Waals surface area contributed by atoms with E-state index in [1.165, 1.54) is 6.42 Å². The average Bonchev–Trinajstić information content (AvgIpc) is 3.08. The summed E-state index contributed by atoms with van der Waals surface area (Å²) in [5, 5.41) is 8.68. The summed E-state index contributed by atoms with van der Waals surface area (Å²) in [5.41, 5.74) is 0.222. The third-order valence-corrected chi connectivity index (χ3v) is 9.79. The van der Waals surface area contributed by atoms with Crippen LogP contribution in [0.3, 0.4) is 0 Å². The molecule has 1 N–H and O–H groups in total. The van der Waals surface area contributed by atoms with E-state index in [-0.39, 0.29) is 42.0 Å². The van der Waals surface area contributed by atoms with Crippen molar-refractivity contribution in [2.24, 2.45) is 40.4 Å².